The van der Waals surface area contributed by atoms with Gasteiger partial charge in [0.1, 0.15) is 22.6 Å². The smallest absolute Gasteiger partial charge is 0.262 e. The number of ether oxygens (including phenoxy) is 2. The summed E-state index contributed by atoms with van der Waals surface area (Å²) in [5.74, 6) is 1.15. The van der Waals surface area contributed by atoms with E-state index in [9.17, 15) is 9.59 Å². The van der Waals surface area contributed by atoms with Gasteiger partial charge in [-0.1, -0.05) is 13.8 Å². The molecule has 0 bridgehead atoms. The number of carbonyl (C=O) groups is 1. The van der Waals surface area contributed by atoms with Crippen LogP contribution < -0.4 is 25.7 Å². The first-order chi connectivity index (χ1) is 14.4. The molecule has 3 N–H and O–H groups in total. The van der Waals surface area contributed by atoms with Crippen LogP contribution in [0.5, 0.6) is 11.5 Å². The summed E-state index contributed by atoms with van der Waals surface area (Å²) < 4.78 is 10.6. The molecule has 0 saturated carbocycles. The van der Waals surface area contributed by atoms with Gasteiger partial charge in [-0.05, 0) is 12.1 Å². The minimum atomic E-state index is -0.338. The van der Waals surface area contributed by atoms with E-state index in [1.807, 2.05) is 19.9 Å². The minimum absolute atomic E-state index is 0.00775. The quantitative estimate of drug-likeness (QED) is 0.486. The Hall–Kier alpha value is -3.62. The molecule has 0 unspecified atom stereocenters. The van der Waals surface area contributed by atoms with Gasteiger partial charge in [-0.25, -0.2) is 4.98 Å². The number of aromatic nitrogens is 3. The summed E-state index contributed by atoms with van der Waals surface area (Å²) in [6, 6.07) is 6.93. The van der Waals surface area contributed by atoms with Crippen molar-refractivity contribution >= 4 is 22.5 Å². The Morgan fingerprint density at radius 3 is 2.70 bits per heavy atom. The van der Waals surface area contributed by atoms with E-state index in [-0.39, 0.29) is 17.4 Å². The van der Waals surface area contributed by atoms with Gasteiger partial charge in [0.05, 0.1) is 25.4 Å². The third kappa shape index (κ3) is 4.51. The number of benzene rings is 1. The predicted octanol–water partition coefficient (Wildman–Crippen LogP) is 2.19. The number of methoxy groups -OCH3 is 2. The molecule has 3 aromatic rings. The lowest BCUT2D eigenvalue weighted by Gasteiger charge is -2.13. The van der Waals surface area contributed by atoms with Gasteiger partial charge >= 0.3 is 0 Å². The summed E-state index contributed by atoms with van der Waals surface area (Å²) in [6.07, 6.45) is 1.62. The Kier molecular flexibility index (Phi) is 6.51. The number of hydrogen-bond acceptors (Lipinski definition) is 7. The molecular weight excluding hydrogens is 386 g/mol. The van der Waals surface area contributed by atoms with Crippen molar-refractivity contribution in [2.24, 2.45) is 5.92 Å². The number of nitrogens with zero attached hydrogens (tertiary/aromatic N) is 2. The van der Waals surface area contributed by atoms with Gasteiger partial charge in [0.25, 0.3) is 5.56 Å². The Morgan fingerprint density at radius 1 is 1.20 bits per heavy atom. The third-order valence-corrected chi connectivity index (χ3v) is 4.50. The predicted molar refractivity (Wildman–Crippen MR) is 115 cm³/mol. The van der Waals surface area contributed by atoms with E-state index < -0.39 is 0 Å². The standard InChI is InChI=1S/C21H25N5O4/c1-12(2)20(27)24-9-8-22-14-6-5-7-23-18(14)19-25-15-10-13(29-3)11-16(30-4)17(15)21(28)26-19/h5-7,10-12,22H,8-9H2,1-4H3,(H,24,27)(H,25,26,28). The SMILES string of the molecule is COc1cc(OC)c2c(=O)[nH]c(-c3ncccc3NCCNC(=O)C(C)C)nc2c1. The Morgan fingerprint density at radius 2 is 2.00 bits per heavy atom. The van der Waals surface area contributed by atoms with Crippen molar-refractivity contribution in [2.45, 2.75) is 13.8 Å². The first kappa shape index (κ1) is 21.1. The molecule has 9 heteroatoms. The molecule has 0 atom stereocenters. The van der Waals surface area contributed by atoms with Crippen LogP contribution >= 0.6 is 0 Å². The number of anilines is 1. The van der Waals surface area contributed by atoms with E-state index in [1.54, 1.807) is 24.4 Å². The normalized spacial score (nSPS) is 10.8. The molecule has 9 nitrogen and oxygen atoms in total. The molecule has 1 aromatic carbocycles. The molecule has 0 spiro atoms. The summed E-state index contributed by atoms with van der Waals surface area (Å²) in [7, 11) is 3.02. The fourth-order valence-corrected chi connectivity index (χ4v) is 2.93. The van der Waals surface area contributed by atoms with Gasteiger partial charge in [0.15, 0.2) is 5.82 Å². The van der Waals surface area contributed by atoms with Crippen LogP contribution in [0.25, 0.3) is 22.4 Å². The van der Waals surface area contributed by atoms with Crippen LogP contribution in [0.2, 0.25) is 0 Å². The van der Waals surface area contributed by atoms with Crippen molar-refractivity contribution < 1.29 is 14.3 Å². The maximum absolute atomic E-state index is 12.8. The largest absolute Gasteiger partial charge is 0.497 e. The van der Waals surface area contributed by atoms with E-state index >= 15 is 0 Å². The van der Waals surface area contributed by atoms with Gasteiger partial charge < -0.3 is 25.1 Å². The summed E-state index contributed by atoms with van der Waals surface area (Å²) in [5, 5.41) is 6.41. The van der Waals surface area contributed by atoms with Gasteiger partial charge in [0.2, 0.25) is 5.91 Å². The molecule has 30 heavy (non-hydrogen) atoms. The van der Waals surface area contributed by atoms with Crippen LogP contribution in [0.15, 0.2) is 35.3 Å². The Labute approximate surface area is 173 Å². The van der Waals surface area contributed by atoms with Crippen LogP contribution in [-0.2, 0) is 4.79 Å². The topological polar surface area (TPSA) is 118 Å². The van der Waals surface area contributed by atoms with Crippen LogP contribution in [0.3, 0.4) is 0 Å². The van der Waals surface area contributed by atoms with E-state index in [2.05, 4.69) is 25.6 Å². The number of pyridine rings is 1. The van der Waals surface area contributed by atoms with Gasteiger partial charge in [0, 0.05) is 37.3 Å². The van der Waals surface area contributed by atoms with Crippen molar-refractivity contribution in [3.63, 3.8) is 0 Å². The Balaban J connectivity index is 1.92. The van der Waals surface area contributed by atoms with Crippen LogP contribution in [-0.4, -0.2) is 48.2 Å². The second-order valence-corrected chi connectivity index (χ2v) is 6.91. The lowest BCUT2D eigenvalue weighted by atomic mass is 10.2. The highest BCUT2D eigenvalue weighted by atomic mass is 16.5. The summed E-state index contributed by atoms with van der Waals surface area (Å²) in [6.45, 7) is 4.64. The summed E-state index contributed by atoms with van der Waals surface area (Å²) in [5.41, 5.74) is 1.28. The first-order valence-electron chi connectivity index (χ1n) is 9.57. The third-order valence-electron chi connectivity index (χ3n) is 4.50. The van der Waals surface area contributed by atoms with E-state index in [1.165, 1.54) is 14.2 Å². The molecular formula is C21H25N5O4. The van der Waals surface area contributed by atoms with E-state index in [0.717, 1.165) is 0 Å². The van der Waals surface area contributed by atoms with Crippen molar-refractivity contribution in [1.82, 2.24) is 20.3 Å². The number of nitrogens with one attached hydrogen (secondary N) is 3. The fraction of sp³-hybridized carbons (Fsp3) is 0.333. The lowest BCUT2D eigenvalue weighted by Crippen LogP contribution is -2.32. The number of rotatable bonds is 8. The first-order valence-corrected chi connectivity index (χ1v) is 9.57. The molecule has 158 valence electrons. The maximum atomic E-state index is 12.8. The number of fused-ring (bicyclic) bond motifs is 1. The highest BCUT2D eigenvalue weighted by Gasteiger charge is 2.15. The average Bonchev–Trinajstić information content (AvgIpc) is 2.75. The zero-order chi connectivity index (χ0) is 21.7. The molecule has 0 radical (unpaired) electrons. The number of hydrogen-bond donors (Lipinski definition) is 3. The van der Waals surface area contributed by atoms with Gasteiger partial charge in [-0.15, -0.1) is 0 Å². The molecule has 2 heterocycles. The molecule has 0 aliphatic carbocycles. The van der Waals surface area contributed by atoms with Crippen LogP contribution in [0, 0.1) is 5.92 Å². The maximum Gasteiger partial charge on any atom is 0.262 e. The van der Waals surface area contributed by atoms with Crippen molar-refractivity contribution in [2.75, 3.05) is 32.6 Å². The van der Waals surface area contributed by atoms with Gasteiger partial charge in [-0.2, -0.15) is 0 Å². The highest BCUT2D eigenvalue weighted by Crippen LogP contribution is 2.29. The average molecular weight is 411 g/mol. The van der Waals surface area contributed by atoms with Crippen molar-refractivity contribution in [3.8, 4) is 23.0 Å². The molecule has 2 aromatic heterocycles. The number of carbonyl (C=O) groups excluding carboxylic acids is 1. The van der Waals surface area contributed by atoms with Crippen LogP contribution in [0.1, 0.15) is 13.8 Å². The zero-order valence-corrected chi connectivity index (χ0v) is 17.4. The minimum Gasteiger partial charge on any atom is -0.497 e. The van der Waals surface area contributed by atoms with Gasteiger partial charge in [-0.3, -0.25) is 14.6 Å². The number of amides is 1. The second-order valence-electron chi connectivity index (χ2n) is 6.91. The fourth-order valence-electron chi connectivity index (χ4n) is 2.93. The summed E-state index contributed by atoms with van der Waals surface area (Å²) in [4.78, 5) is 36.2. The molecule has 0 saturated heterocycles. The second kappa shape index (κ2) is 9.25. The van der Waals surface area contributed by atoms with Crippen molar-refractivity contribution in [1.29, 1.82) is 0 Å². The molecule has 0 fully saturated rings. The molecule has 3 rings (SSSR count). The number of H-pyrrole nitrogens is 1. The Bertz CT molecular complexity index is 1110. The van der Waals surface area contributed by atoms with Crippen molar-refractivity contribution in [3.05, 3.63) is 40.8 Å². The monoisotopic (exact) mass is 411 g/mol. The lowest BCUT2D eigenvalue weighted by molar-refractivity contribution is -0.123. The zero-order valence-electron chi connectivity index (χ0n) is 17.4. The molecule has 0 aliphatic heterocycles. The summed E-state index contributed by atoms with van der Waals surface area (Å²) >= 11 is 0. The van der Waals surface area contributed by atoms with E-state index in [0.29, 0.717) is 52.7 Å². The highest BCUT2D eigenvalue weighted by molar-refractivity contribution is 5.87. The molecule has 0 aliphatic rings. The van der Waals surface area contributed by atoms with Crippen LogP contribution in [0.4, 0.5) is 5.69 Å². The molecule has 1 amide bonds. The van der Waals surface area contributed by atoms with E-state index in [4.69, 9.17) is 9.47 Å². The number of aromatic amines is 1.